The topological polar surface area (TPSA) is 106 Å². The van der Waals surface area contributed by atoms with Crippen LogP contribution in [0.2, 0.25) is 0 Å². The van der Waals surface area contributed by atoms with Gasteiger partial charge in [0.1, 0.15) is 11.0 Å². The van der Waals surface area contributed by atoms with Crippen molar-refractivity contribution in [3.63, 3.8) is 0 Å². The third kappa shape index (κ3) is 4.55. The molecule has 1 saturated heterocycles. The van der Waals surface area contributed by atoms with Crippen molar-refractivity contribution in [2.24, 2.45) is 5.92 Å². The van der Waals surface area contributed by atoms with Crippen LogP contribution in [0.5, 0.6) is 5.75 Å². The van der Waals surface area contributed by atoms with Crippen molar-refractivity contribution >= 4 is 78.4 Å². The number of hydrogen-bond donors (Lipinski definition) is 1. The second-order valence-electron chi connectivity index (χ2n) is 8.01. The summed E-state index contributed by atoms with van der Waals surface area (Å²) in [5.74, 6) is -2.26. The van der Waals surface area contributed by atoms with E-state index in [2.05, 4.69) is 36.8 Å². The Hall–Kier alpha value is -2.41. The van der Waals surface area contributed by atoms with Gasteiger partial charge in [-0.2, -0.15) is 0 Å². The van der Waals surface area contributed by atoms with Gasteiger partial charge < -0.3 is 14.5 Å². The summed E-state index contributed by atoms with van der Waals surface area (Å²) in [6.45, 7) is 1.62. The Morgan fingerprint density at radius 3 is 2.50 bits per heavy atom. The van der Waals surface area contributed by atoms with Gasteiger partial charge in [0.15, 0.2) is 6.61 Å². The van der Waals surface area contributed by atoms with Crippen molar-refractivity contribution in [1.29, 1.82) is 0 Å². The van der Waals surface area contributed by atoms with Crippen molar-refractivity contribution in [2.75, 3.05) is 18.1 Å². The number of H-pyrrole nitrogens is 1. The molecule has 186 valence electrons. The minimum Gasteiger partial charge on any atom is -0.482 e. The van der Waals surface area contributed by atoms with Crippen LogP contribution in [0.1, 0.15) is 23.3 Å². The number of thiazole rings is 1. The van der Waals surface area contributed by atoms with Gasteiger partial charge in [-0.1, -0.05) is 55.0 Å². The molecule has 36 heavy (non-hydrogen) atoms. The molecule has 2 aliphatic rings. The van der Waals surface area contributed by atoms with Crippen molar-refractivity contribution in [1.82, 2.24) is 4.98 Å². The highest BCUT2D eigenvalue weighted by atomic mass is 79.9. The minimum atomic E-state index is -0.774. The zero-order valence-corrected chi connectivity index (χ0v) is 23.5. The van der Waals surface area contributed by atoms with Crippen LogP contribution in [-0.2, 0) is 19.1 Å². The number of nitrogens with one attached hydrogen (secondary N) is 1. The smallest absolute Gasteiger partial charge is 0.344 e. The molecule has 0 bridgehead atoms. The molecule has 1 aromatic heterocycles. The molecule has 5 rings (SSSR count). The second kappa shape index (κ2) is 10.2. The van der Waals surface area contributed by atoms with Crippen LogP contribution in [0.15, 0.2) is 61.2 Å². The van der Waals surface area contributed by atoms with E-state index in [1.807, 2.05) is 0 Å². The Bertz CT molecular complexity index is 1420. The summed E-state index contributed by atoms with van der Waals surface area (Å²) in [6, 6.07) is 12.2. The number of aromatic nitrogens is 1. The number of carbonyl (C=O) groups is 3. The number of ether oxygens (including phenoxy) is 2. The molecule has 2 aliphatic heterocycles. The summed E-state index contributed by atoms with van der Waals surface area (Å²) in [6.07, 6.45) is 0. The van der Waals surface area contributed by atoms with E-state index in [1.54, 1.807) is 49.4 Å². The van der Waals surface area contributed by atoms with Crippen LogP contribution in [0.25, 0.3) is 0 Å². The average Bonchev–Trinajstić information content (AvgIpc) is 3.33. The predicted octanol–water partition coefficient (Wildman–Crippen LogP) is 4.70. The van der Waals surface area contributed by atoms with Gasteiger partial charge >= 0.3 is 10.8 Å². The number of esters is 1. The number of halogens is 2. The summed E-state index contributed by atoms with van der Waals surface area (Å²) in [5.41, 5.74) is 1.08. The van der Waals surface area contributed by atoms with Crippen molar-refractivity contribution in [3.05, 3.63) is 71.5 Å². The highest BCUT2D eigenvalue weighted by Gasteiger charge is 2.56. The number of benzene rings is 2. The first-order valence-electron chi connectivity index (χ1n) is 10.9. The molecule has 2 amide bonds. The second-order valence-corrected chi connectivity index (χ2v) is 12.0. The average molecular weight is 654 g/mol. The highest BCUT2D eigenvalue weighted by molar-refractivity contribution is 9.10. The van der Waals surface area contributed by atoms with E-state index in [4.69, 9.17) is 9.47 Å². The quantitative estimate of drug-likeness (QED) is 0.304. The molecular weight excluding hydrogens is 636 g/mol. The van der Waals surface area contributed by atoms with E-state index in [-0.39, 0.29) is 29.9 Å². The molecule has 8 nitrogen and oxygen atoms in total. The maximum atomic E-state index is 13.9. The zero-order chi connectivity index (χ0) is 25.6. The Labute approximate surface area is 230 Å². The number of carbonyl (C=O) groups excluding carboxylic acids is 3. The van der Waals surface area contributed by atoms with E-state index in [9.17, 15) is 19.2 Å². The molecule has 1 fully saturated rings. The van der Waals surface area contributed by atoms with E-state index in [1.165, 1.54) is 16.7 Å². The Balaban J connectivity index is 1.61. The van der Waals surface area contributed by atoms with Crippen LogP contribution in [0, 0.1) is 5.92 Å². The molecular formula is C24H18Br2N2O6S2. The largest absolute Gasteiger partial charge is 0.482 e. The Morgan fingerprint density at radius 1 is 1.06 bits per heavy atom. The predicted molar refractivity (Wildman–Crippen MR) is 143 cm³/mol. The zero-order valence-electron chi connectivity index (χ0n) is 18.7. The minimum absolute atomic E-state index is 0.224. The van der Waals surface area contributed by atoms with E-state index in [0.717, 1.165) is 20.3 Å². The van der Waals surface area contributed by atoms with Gasteiger partial charge in [0.05, 0.1) is 23.2 Å². The molecule has 0 radical (unpaired) electrons. The molecule has 3 aromatic rings. The number of hydrogen-bond acceptors (Lipinski definition) is 8. The van der Waals surface area contributed by atoms with Gasteiger partial charge in [0.25, 0.3) is 0 Å². The fraction of sp³-hybridized carbons (Fsp3) is 0.250. The number of imide groups is 1. The fourth-order valence-electron chi connectivity index (χ4n) is 4.43. The lowest BCUT2D eigenvalue weighted by atomic mass is 9.82. The first-order valence-corrected chi connectivity index (χ1v) is 14.2. The summed E-state index contributed by atoms with van der Waals surface area (Å²) < 4.78 is 12.3. The summed E-state index contributed by atoms with van der Waals surface area (Å²) in [4.78, 5) is 56.1. The van der Waals surface area contributed by atoms with Crippen molar-refractivity contribution in [2.45, 2.75) is 23.1 Å². The first kappa shape index (κ1) is 25.2. The SMILES string of the molecule is CCOC(=O)COc1ccc(Br)cc1[C@H]1c2sc(=O)[nH]c2SC2C(=O)N(c3ccc(Br)cc3)C(=O)C21. The number of anilines is 1. The van der Waals surface area contributed by atoms with Crippen LogP contribution in [0.4, 0.5) is 5.69 Å². The lowest BCUT2D eigenvalue weighted by Crippen LogP contribution is -2.32. The molecule has 3 atom stereocenters. The summed E-state index contributed by atoms with van der Waals surface area (Å²) in [7, 11) is 0. The number of fused-ring (bicyclic) bond motifs is 2. The van der Waals surface area contributed by atoms with Crippen LogP contribution < -0.4 is 14.5 Å². The van der Waals surface area contributed by atoms with Crippen molar-refractivity contribution in [3.8, 4) is 5.75 Å². The normalized spacial score (nSPS) is 20.8. The summed E-state index contributed by atoms with van der Waals surface area (Å²) >= 11 is 9.07. The molecule has 2 unspecified atom stereocenters. The number of amides is 2. The number of nitrogens with zero attached hydrogens (tertiary/aromatic N) is 1. The Morgan fingerprint density at radius 2 is 1.78 bits per heavy atom. The number of thioether (sulfide) groups is 1. The molecule has 0 spiro atoms. The third-order valence-electron chi connectivity index (χ3n) is 5.87. The van der Waals surface area contributed by atoms with Gasteiger partial charge in [-0.3, -0.25) is 14.4 Å². The molecule has 2 aromatic carbocycles. The maximum absolute atomic E-state index is 13.9. The monoisotopic (exact) mass is 652 g/mol. The highest BCUT2D eigenvalue weighted by Crippen LogP contribution is 2.54. The number of rotatable bonds is 6. The van der Waals surface area contributed by atoms with Gasteiger partial charge in [0.2, 0.25) is 11.8 Å². The van der Waals surface area contributed by atoms with Crippen LogP contribution >= 0.6 is 55.0 Å². The third-order valence-corrected chi connectivity index (χ3v) is 9.29. The van der Waals surface area contributed by atoms with E-state index < -0.39 is 23.1 Å². The first-order chi connectivity index (χ1) is 17.3. The Kier molecular flexibility index (Phi) is 7.12. The maximum Gasteiger partial charge on any atom is 0.344 e. The van der Waals surface area contributed by atoms with Gasteiger partial charge in [-0.25, -0.2) is 9.69 Å². The van der Waals surface area contributed by atoms with Gasteiger partial charge in [0, 0.05) is 25.3 Å². The molecule has 0 aliphatic carbocycles. The standard InChI is InChI=1S/C24H18Br2N2O6S2/c1-2-33-16(29)10-34-15-8-5-12(26)9-14(15)17-18-20(35-21-19(17)36-24(32)27-21)23(31)28(22(18)30)13-6-3-11(25)4-7-13/h3-9,17-18,20H,2,10H2,1H3,(H,27,32)/t17-,18?,20?/m1/s1. The molecule has 12 heteroatoms. The molecule has 3 heterocycles. The summed E-state index contributed by atoms with van der Waals surface area (Å²) in [5, 5.41) is -0.174. The molecule has 0 saturated carbocycles. The molecule has 1 N–H and O–H groups in total. The van der Waals surface area contributed by atoms with Crippen LogP contribution in [-0.4, -0.2) is 41.2 Å². The lowest BCUT2D eigenvalue weighted by molar-refractivity contribution is -0.145. The fourth-order valence-corrected chi connectivity index (χ4v) is 7.58. The van der Waals surface area contributed by atoms with Crippen LogP contribution in [0.3, 0.4) is 0 Å². The van der Waals surface area contributed by atoms with E-state index >= 15 is 0 Å². The van der Waals surface area contributed by atoms with Gasteiger partial charge in [-0.05, 0) is 49.4 Å². The lowest BCUT2D eigenvalue weighted by Gasteiger charge is -2.31. The van der Waals surface area contributed by atoms with Crippen molar-refractivity contribution < 1.29 is 23.9 Å². The number of aromatic amines is 1. The van der Waals surface area contributed by atoms with E-state index in [0.29, 0.717) is 26.9 Å². The van der Waals surface area contributed by atoms with Gasteiger partial charge in [-0.15, -0.1) is 0 Å².